The summed E-state index contributed by atoms with van der Waals surface area (Å²) in [6, 6.07) is 10.9. The molecule has 1 unspecified atom stereocenters. The molecule has 0 radical (unpaired) electrons. The molecule has 3 rings (SSSR count). The summed E-state index contributed by atoms with van der Waals surface area (Å²) in [7, 11) is 4.77. The second-order valence-corrected chi connectivity index (χ2v) is 5.34. The summed E-state index contributed by atoms with van der Waals surface area (Å²) in [6.07, 6.45) is 0.703. The number of benzene rings is 2. The first-order valence-corrected chi connectivity index (χ1v) is 7.38. The van der Waals surface area contributed by atoms with Gasteiger partial charge in [-0.15, -0.1) is 0 Å². The third kappa shape index (κ3) is 2.62. The summed E-state index contributed by atoms with van der Waals surface area (Å²) in [4.78, 5) is 0. The zero-order valence-corrected chi connectivity index (χ0v) is 13.5. The highest BCUT2D eigenvalue weighted by Gasteiger charge is 2.38. The topological polar surface area (TPSA) is 57.2 Å². The van der Waals surface area contributed by atoms with Crippen LogP contribution in [0.2, 0.25) is 0 Å². The van der Waals surface area contributed by atoms with Gasteiger partial charge < -0.3 is 24.1 Å². The van der Waals surface area contributed by atoms with Crippen molar-refractivity contribution < 1.29 is 24.1 Å². The number of aliphatic hydroxyl groups is 1. The minimum atomic E-state index is -1.51. The van der Waals surface area contributed by atoms with E-state index in [1.54, 1.807) is 51.7 Å². The molecule has 1 atom stereocenters. The van der Waals surface area contributed by atoms with Gasteiger partial charge in [0.05, 0.1) is 27.9 Å². The lowest BCUT2D eigenvalue weighted by atomic mass is 9.89. The Balaban J connectivity index is 2.11. The first-order valence-electron chi connectivity index (χ1n) is 7.38. The quantitative estimate of drug-likeness (QED) is 0.939. The van der Waals surface area contributed by atoms with Gasteiger partial charge in [0.25, 0.3) is 0 Å². The molecule has 1 N–H and O–H groups in total. The molecule has 1 heterocycles. The zero-order valence-electron chi connectivity index (χ0n) is 13.5. The lowest BCUT2D eigenvalue weighted by molar-refractivity contribution is -0.187. The molecule has 23 heavy (non-hydrogen) atoms. The van der Waals surface area contributed by atoms with E-state index in [-0.39, 0.29) is 0 Å². The maximum Gasteiger partial charge on any atom is 0.220 e. The van der Waals surface area contributed by atoms with Crippen LogP contribution in [0.3, 0.4) is 0 Å². The summed E-state index contributed by atoms with van der Waals surface area (Å²) < 4.78 is 21.6. The van der Waals surface area contributed by atoms with E-state index >= 15 is 0 Å². The van der Waals surface area contributed by atoms with E-state index in [4.69, 9.17) is 18.9 Å². The van der Waals surface area contributed by atoms with Crippen LogP contribution >= 0.6 is 0 Å². The van der Waals surface area contributed by atoms with Crippen molar-refractivity contribution in [2.45, 2.75) is 12.2 Å². The van der Waals surface area contributed by atoms with Crippen molar-refractivity contribution in [2.75, 3.05) is 27.9 Å². The van der Waals surface area contributed by atoms with Gasteiger partial charge in [-0.25, -0.2) is 0 Å². The lowest BCUT2D eigenvalue weighted by Gasteiger charge is -2.35. The Morgan fingerprint density at radius 3 is 2.22 bits per heavy atom. The molecule has 0 amide bonds. The van der Waals surface area contributed by atoms with Crippen LogP contribution in [0.15, 0.2) is 36.4 Å². The summed E-state index contributed by atoms with van der Waals surface area (Å²) in [5.74, 6) is 0.411. The monoisotopic (exact) mass is 316 g/mol. The van der Waals surface area contributed by atoms with Crippen LogP contribution in [-0.2, 0) is 16.9 Å². The number of hydrogen-bond acceptors (Lipinski definition) is 5. The van der Waals surface area contributed by atoms with Gasteiger partial charge >= 0.3 is 0 Å². The molecular formula is C18H20O5. The van der Waals surface area contributed by atoms with Crippen molar-refractivity contribution in [1.29, 1.82) is 0 Å². The molecule has 0 bridgehead atoms. The highest BCUT2D eigenvalue weighted by atomic mass is 16.6. The molecule has 0 saturated heterocycles. The van der Waals surface area contributed by atoms with Gasteiger partial charge in [-0.1, -0.05) is 0 Å². The van der Waals surface area contributed by atoms with Gasteiger partial charge in [0.15, 0.2) is 11.5 Å². The fraction of sp³-hybridized carbons (Fsp3) is 0.333. The third-order valence-corrected chi connectivity index (χ3v) is 4.14. The predicted octanol–water partition coefficient (Wildman–Crippen LogP) is 2.48. The van der Waals surface area contributed by atoms with E-state index in [1.165, 1.54) is 0 Å². The molecule has 1 aliphatic rings. The van der Waals surface area contributed by atoms with E-state index in [1.807, 2.05) is 6.07 Å². The van der Waals surface area contributed by atoms with E-state index in [0.29, 0.717) is 35.7 Å². The number of hydrogen-bond donors (Lipinski definition) is 1. The summed E-state index contributed by atoms with van der Waals surface area (Å²) >= 11 is 0. The standard InChI is InChI=1S/C18H20O5/c1-20-14-6-4-13(5-7-14)18(19)15-11-17(22-3)16(21-2)10-12(15)8-9-23-18/h4-7,10-11,19H,8-9H2,1-3H3. The van der Waals surface area contributed by atoms with E-state index in [0.717, 1.165) is 11.3 Å². The van der Waals surface area contributed by atoms with Gasteiger partial charge in [0, 0.05) is 11.1 Å². The summed E-state index contributed by atoms with van der Waals surface area (Å²) in [6.45, 7) is 0.422. The predicted molar refractivity (Wildman–Crippen MR) is 85.2 cm³/mol. The average molecular weight is 316 g/mol. The molecule has 122 valence electrons. The molecule has 5 heteroatoms. The van der Waals surface area contributed by atoms with Crippen LogP contribution in [0.1, 0.15) is 16.7 Å². The van der Waals surface area contributed by atoms with Crippen LogP contribution in [0.5, 0.6) is 17.2 Å². The third-order valence-electron chi connectivity index (χ3n) is 4.14. The van der Waals surface area contributed by atoms with Gasteiger partial charge in [0.2, 0.25) is 5.79 Å². The van der Waals surface area contributed by atoms with Crippen LogP contribution in [0.4, 0.5) is 0 Å². The fourth-order valence-electron chi connectivity index (χ4n) is 2.89. The molecule has 0 saturated carbocycles. The molecule has 0 fully saturated rings. The Kier molecular flexibility index (Phi) is 4.15. The van der Waals surface area contributed by atoms with E-state index in [2.05, 4.69) is 0 Å². The normalized spacial score (nSPS) is 19.8. The maximum atomic E-state index is 11.2. The van der Waals surface area contributed by atoms with Crippen molar-refractivity contribution in [2.24, 2.45) is 0 Å². The smallest absolute Gasteiger partial charge is 0.220 e. The van der Waals surface area contributed by atoms with Crippen molar-refractivity contribution in [3.8, 4) is 17.2 Å². The van der Waals surface area contributed by atoms with Gasteiger partial charge in [-0.05, 0) is 48.4 Å². The summed E-state index contributed by atoms with van der Waals surface area (Å²) in [5, 5.41) is 11.2. The number of methoxy groups -OCH3 is 3. The first kappa shape index (κ1) is 15.6. The maximum absolute atomic E-state index is 11.2. The first-order chi connectivity index (χ1) is 11.1. The number of fused-ring (bicyclic) bond motifs is 1. The lowest BCUT2D eigenvalue weighted by Crippen LogP contribution is -2.36. The molecule has 1 aliphatic heterocycles. The Labute approximate surface area is 135 Å². The molecule has 2 aromatic carbocycles. The van der Waals surface area contributed by atoms with Crippen molar-refractivity contribution in [1.82, 2.24) is 0 Å². The van der Waals surface area contributed by atoms with Gasteiger partial charge in [-0.3, -0.25) is 0 Å². The Morgan fingerprint density at radius 2 is 1.61 bits per heavy atom. The zero-order chi connectivity index (χ0) is 16.4. The van der Waals surface area contributed by atoms with Crippen LogP contribution < -0.4 is 14.2 Å². The largest absolute Gasteiger partial charge is 0.497 e. The molecule has 5 nitrogen and oxygen atoms in total. The van der Waals surface area contributed by atoms with Crippen molar-refractivity contribution in [3.63, 3.8) is 0 Å². The van der Waals surface area contributed by atoms with Crippen LogP contribution in [0.25, 0.3) is 0 Å². The van der Waals surface area contributed by atoms with E-state index in [9.17, 15) is 5.11 Å². The SMILES string of the molecule is COc1ccc(C2(O)OCCc3cc(OC)c(OC)cc32)cc1. The minimum absolute atomic E-state index is 0.422. The molecule has 2 aromatic rings. The van der Waals surface area contributed by atoms with Crippen molar-refractivity contribution >= 4 is 0 Å². The Hall–Kier alpha value is -2.24. The Bertz CT molecular complexity index is 695. The number of rotatable bonds is 4. The number of ether oxygens (including phenoxy) is 4. The molecular weight excluding hydrogens is 296 g/mol. The highest BCUT2D eigenvalue weighted by Crippen LogP contribution is 2.42. The second-order valence-electron chi connectivity index (χ2n) is 5.34. The molecule has 0 spiro atoms. The minimum Gasteiger partial charge on any atom is -0.497 e. The Morgan fingerprint density at radius 1 is 0.957 bits per heavy atom. The van der Waals surface area contributed by atoms with Crippen LogP contribution in [-0.4, -0.2) is 33.0 Å². The molecule has 0 aliphatic carbocycles. The van der Waals surface area contributed by atoms with E-state index < -0.39 is 5.79 Å². The summed E-state index contributed by atoms with van der Waals surface area (Å²) in [5.41, 5.74) is 2.30. The fourth-order valence-corrected chi connectivity index (χ4v) is 2.89. The van der Waals surface area contributed by atoms with Gasteiger partial charge in [0.1, 0.15) is 5.75 Å². The van der Waals surface area contributed by atoms with Crippen LogP contribution in [0, 0.1) is 0 Å². The highest BCUT2D eigenvalue weighted by molar-refractivity contribution is 5.52. The second kappa shape index (κ2) is 6.10. The van der Waals surface area contributed by atoms with Crippen molar-refractivity contribution in [3.05, 3.63) is 53.1 Å². The molecule has 0 aromatic heterocycles. The van der Waals surface area contributed by atoms with Gasteiger partial charge in [-0.2, -0.15) is 0 Å². The average Bonchev–Trinajstić information content (AvgIpc) is 2.61.